The van der Waals surface area contributed by atoms with Crippen molar-refractivity contribution in [3.63, 3.8) is 0 Å². The molecule has 6 nitrogen and oxygen atoms in total. The van der Waals surface area contributed by atoms with E-state index in [1.165, 1.54) is 11.3 Å². The predicted molar refractivity (Wildman–Crippen MR) is 86.3 cm³/mol. The lowest BCUT2D eigenvalue weighted by molar-refractivity contribution is -0.143. The Kier molecular flexibility index (Phi) is 4.38. The molecule has 23 heavy (non-hydrogen) atoms. The Balaban J connectivity index is 1.83. The van der Waals surface area contributed by atoms with Crippen LogP contribution < -0.4 is 0 Å². The molecule has 1 aliphatic rings. The first-order chi connectivity index (χ1) is 11.1. The van der Waals surface area contributed by atoms with Crippen LogP contribution in [0.15, 0.2) is 24.5 Å². The predicted octanol–water partition coefficient (Wildman–Crippen LogP) is 2.45. The molecule has 3 heterocycles. The van der Waals surface area contributed by atoms with Crippen molar-refractivity contribution in [2.45, 2.75) is 19.8 Å². The van der Waals surface area contributed by atoms with Crippen LogP contribution in [0.5, 0.6) is 0 Å². The zero-order valence-corrected chi connectivity index (χ0v) is 13.5. The number of carboxylic acids is 1. The SMILES string of the molecule is Cc1nc(-c2ccncc2)sc1C(=O)N1CCC[C@@H](C(=O)O)C1. The molecular formula is C16H17N3O3S. The van der Waals surface area contributed by atoms with Gasteiger partial charge in [0.25, 0.3) is 5.91 Å². The van der Waals surface area contributed by atoms with Crippen molar-refractivity contribution in [3.8, 4) is 10.6 Å². The van der Waals surface area contributed by atoms with Crippen molar-refractivity contribution in [1.29, 1.82) is 0 Å². The lowest BCUT2D eigenvalue weighted by Crippen LogP contribution is -2.42. The van der Waals surface area contributed by atoms with E-state index in [2.05, 4.69) is 9.97 Å². The smallest absolute Gasteiger partial charge is 0.308 e. The molecule has 0 aromatic carbocycles. The molecule has 1 aliphatic heterocycles. The van der Waals surface area contributed by atoms with Gasteiger partial charge in [0.2, 0.25) is 0 Å². The monoisotopic (exact) mass is 331 g/mol. The number of pyridine rings is 1. The number of carboxylic acid groups (broad SMARTS) is 1. The summed E-state index contributed by atoms with van der Waals surface area (Å²) in [6, 6.07) is 3.71. The van der Waals surface area contributed by atoms with E-state index in [1.807, 2.05) is 19.1 Å². The van der Waals surface area contributed by atoms with Gasteiger partial charge in [-0.2, -0.15) is 0 Å². The van der Waals surface area contributed by atoms with E-state index >= 15 is 0 Å². The minimum atomic E-state index is -0.832. The lowest BCUT2D eigenvalue weighted by atomic mass is 9.98. The van der Waals surface area contributed by atoms with Crippen LogP contribution in [-0.4, -0.2) is 44.9 Å². The Bertz CT molecular complexity index is 729. The van der Waals surface area contributed by atoms with Crippen LogP contribution in [0.25, 0.3) is 10.6 Å². The van der Waals surface area contributed by atoms with Gasteiger partial charge >= 0.3 is 5.97 Å². The van der Waals surface area contributed by atoms with Crippen LogP contribution >= 0.6 is 11.3 Å². The zero-order valence-electron chi connectivity index (χ0n) is 12.7. The number of rotatable bonds is 3. The van der Waals surface area contributed by atoms with Gasteiger partial charge in [-0.3, -0.25) is 14.6 Å². The van der Waals surface area contributed by atoms with E-state index in [-0.39, 0.29) is 12.5 Å². The molecule has 0 radical (unpaired) electrons. The van der Waals surface area contributed by atoms with Gasteiger partial charge in [0.1, 0.15) is 9.88 Å². The maximum absolute atomic E-state index is 12.7. The van der Waals surface area contributed by atoms with Crippen molar-refractivity contribution >= 4 is 23.2 Å². The van der Waals surface area contributed by atoms with Crippen LogP contribution in [0.1, 0.15) is 28.2 Å². The van der Waals surface area contributed by atoms with Crippen LogP contribution in [0.2, 0.25) is 0 Å². The maximum Gasteiger partial charge on any atom is 0.308 e. The second-order valence-corrected chi connectivity index (χ2v) is 6.60. The Labute approximate surface area is 137 Å². The summed E-state index contributed by atoms with van der Waals surface area (Å²) in [5, 5.41) is 9.94. The summed E-state index contributed by atoms with van der Waals surface area (Å²) in [5.74, 6) is -1.42. The highest BCUT2D eigenvalue weighted by Crippen LogP contribution is 2.29. The molecule has 0 unspecified atom stereocenters. The number of carbonyl (C=O) groups excluding carboxylic acids is 1. The van der Waals surface area contributed by atoms with E-state index < -0.39 is 11.9 Å². The first kappa shape index (κ1) is 15.6. The van der Waals surface area contributed by atoms with Gasteiger partial charge < -0.3 is 10.0 Å². The van der Waals surface area contributed by atoms with Crippen LogP contribution in [0, 0.1) is 12.8 Å². The molecule has 7 heteroatoms. The molecule has 0 saturated carbocycles. The van der Waals surface area contributed by atoms with Gasteiger partial charge in [-0.1, -0.05) is 0 Å². The second kappa shape index (κ2) is 6.45. The summed E-state index contributed by atoms with van der Waals surface area (Å²) in [7, 11) is 0. The average molecular weight is 331 g/mol. The molecule has 1 saturated heterocycles. The minimum Gasteiger partial charge on any atom is -0.481 e. The standard InChI is InChI=1S/C16H17N3O3S/c1-10-13(23-14(18-10)11-4-6-17-7-5-11)15(20)19-8-2-3-12(9-19)16(21)22/h4-7,12H,2-3,8-9H2,1H3,(H,21,22)/t12-/m1/s1. The normalized spacial score (nSPS) is 18.0. The molecule has 1 amide bonds. The third kappa shape index (κ3) is 3.24. The highest BCUT2D eigenvalue weighted by Gasteiger charge is 2.30. The van der Waals surface area contributed by atoms with Crippen molar-refractivity contribution < 1.29 is 14.7 Å². The third-order valence-electron chi connectivity index (χ3n) is 3.98. The summed E-state index contributed by atoms with van der Waals surface area (Å²) in [6.07, 6.45) is 4.73. The molecular weight excluding hydrogens is 314 g/mol. The number of hydrogen-bond donors (Lipinski definition) is 1. The number of aromatic nitrogens is 2. The first-order valence-electron chi connectivity index (χ1n) is 7.46. The summed E-state index contributed by atoms with van der Waals surface area (Å²) < 4.78 is 0. The van der Waals surface area contributed by atoms with Crippen LogP contribution in [0.4, 0.5) is 0 Å². The number of aliphatic carboxylic acids is 1. The van der Waals surface area contributed by atoms with Gasteiger partial charge in [-0.05, 0) is 31.9 Å². The summed E-state index contributed by atoms with van der Waals surface area (Å²) >= 11 is 1.35. The molecule has 0 spiro atoms. The number of hydrogen-bond acceptors (Lipinski definition) is 5. The van der Waals surface area contributed by atoms with Crippen LogP contribution in [0.3, 0.4) is 0 Å². The molecule has 0 aliphatic carbocycles. The fourth-order valence-corrected chi connectivity index (χ4v) is 3.76. The second-order valence-electron chi connectivity index (χ2n) is 5.60. The molecule has 120 valence electrons. The average Bonchev–Trinajstić information content (AvgIpc) is 2.97. The first-order valence-corrected chi connectivity index (χ1v) is 8.28. The number of likely N-dealkylation sites (tertiary alicyclic amines) is 1. The van der Waals surface area contributed by atoms with Crippen molar-refractivity contribution in [2.75, 3.05) is 13.1 Å². The fourth-order valence-electron chi connectivity index (χ4n) is 2.72. The van der Waals surface area contributed by atoms with E-state index in [1.54, 1.807) is 17.3 Å². The van der Waals surface area contributed by atoms with E-state index in [0.29, 0.717) is 23.5 Å². The van der Waals surface area contributed by atoms with Crippen LogP contribution in [-0.2, 0) is 4.79 Å². The molecule has 1 N–H and O–H groups in total. The molecule has 3 rings (SSSR count). The van der Waals surface area contributed by atoms with Gasteiger partial charge in [-0.15, -0.1) is 11.3 Å². The maximum atomic E-state index is 12.7. The van der Waals surface area contributed by atoms with Gasteiger partial charge in [0.15, 0.2) is 0 Å². The van der Waals surface area contributed by atoms with Crippen molar-refractivity contribution in [2.24, 2.45) is 5.92 Å². The largest absolute Gasteiger partial charge is 0.481 e. The summed E-state index contributed by atoms with van der Waals surface area (Å²) in [5.41, 5.74) is 1.61. The molecule has 1 atom stereocenters. The lowest BCUT2D eigenvalue weighted by Gasteiger charge is -2.30. The fraction of sp³-hybridized carbons (Fsp3) is 0.375. The van der Waals surface area contributed by atoms with Gasteiger partial charge in [0.05, 0.1) is 11.6 Å². The number of amides is 1. The van der Waals surface area contributed by atoms with Gasteiger partial charge in [-0.25, -0.2) is 4.98 Å². The quantitative estimate of drug-likeness (QED) is 0.934. The highest BCUT2D eigenvalue weighted by molar-refractivity contribution is 7.17. The minimum absolute atomic E-state index is 0.119. The number of nitrogens with zero attached hydrogens (tertiary/aromatic N) is 3. The number of piperidine rings is 1. The number of thiazole rings is 1. The topological polar surface area (TPSA) is 83.4 Å². The van der Waals surface area contributed by atoms with E-state index in [0.717, 1.165) is 17.0 Å². The molecule has 0 bridgehead atoms. The highest BCUT2D eigenvalue weighted by atomic mass is 32.1. The third-order valence-corrected chi connectivity index (χ3v) is 5.17. The Morgan fingerprint density at radius 2 is 2.09 bits per heavy atom. The summed E-state index contributed by atoms with van der Waals surface area (Å²) in [6.45, 7) is 2.69. The van der Waals surface area contributed by atoms with E-state index in [9.17, 15) is 9.59 Å². The van der Waals surface area contributed by atoms with Crippen molar-refractivity contribution in [3.05, 3.63) is 35.1 Å². The van der Waals surface area contributed by atoms with Gasteiger partial charge in [0, 0.05) is 31.0 Å². The molecule has 2 aromatic heterocycles. The molecule has 2 aromatic rings. The Morgan fingerprint density at radius 3 is 2.78 bits per heavy atom. The summed E-state index contributed by atoms with van der Waals surface area (Å²) in [4.78, 5) is 34.6. The number of aryl methyl sites for hydroxylation is 1. The Hall–Kier alpha value is -2.28. The van der Waals surface area contributed by atoms with E-state index in [4.69, 9.17) is 5.11 Å². The van der Waals surface area contributed by atoms with Crippen molar-refractivity contribution in [1.82, 2.24) is 14.9 Å². The Morgan fingerprint density at radius 1 is 1.35 bits per heavy atom. The zero-order chi connectivity index (χ0) is 16.4. The molecule has 1 fully saturated rings. The number of carbonyl (C=O) groups is 2.